The lowest BCUT2D eigenvalue weighted by Crippen LogP contribution is -2.53. The molecule has 214 valence electrons. The van der Waals surface area contributed by atoms with E-state index in [-0.39, 0.29) is 6.92 Å². The molecule has 0 spiro atoms. The average molecular weight is 587 g/mol. The Balaban J connectivity index is 1.11. The smallest absolute Gasteiger partial charge is 0.434 e. The van der Waals surface area contributed by atoms with E-state index in [1.165, 1.54) is 27.4 Å². The van der Waals surface area contributed by atoms with Crippen LogP contribution >= 0.6 is 0 Å². The summed E-state index contributed by atoms with van der Waals surface area (Å²) in [5, 5.41) is 2.51. The van der Waals surface area contributed by atoms with Crippen molar-refractivity contribution in [3.8, 4) is 56.3 Å². The van der Waals surface area contributed by atoms with Crippen molar-refractivity contribution >= 4 is 39.6 Å². The SMILES string of the molecule is c1ccc(-c2ccc3c(c2)Oc2cccc4c2B3Oc2ccc(-c3ccccc3-n3c5ccccc5c5ccccc53)cc2-4)cc1. The summed E-state index contributed by atoms with van der Waals surface area (Å²) in [6.45, 7) is -0.233. The molecule has 46 heavy (non-hydrogen) atoms. The highest BCUT2D eigenvalue weighted by Gasteiger charge is 2.40. The molecule has 0 amide bonds. The Hall–Kier alpha value is -6.00. The van der Waals surface area contributed by atoms with Crippen molar-refractivity contribution in [1.82, 2.24) is 4.57 Å². The molecule has 8 aromatic rings. The Kier molecular flexibility index (Phi) is 5.37. The van der Waals surface area contributed by atoms with Crippen LogP contribution in [0, 0.1) is 0 Å². The zero-order chi connectivity index (χ0) is 30.2. The highest BCUT2D eigenvalue weighted by atomic mass is 16.5. The lowest BCUT2D eigenvalue weighted by atomic mass is 9.51. The molecule has 10 rings (SSSR count). The zero-order valence-electron chi connectivity index (χ0n) is 24.9. The number of rotatable bonds is 3. The zero-order valence-corrected chi connectivity index (χ0v) is 24.9. The fourth-order valence-corrected chi connectivity index (χ4v) is 7.42. The Labute approximate surface area is 267 Å². The fourth-order valence-electron chi connectivity index (χ4n) is 7.42. The minimum absolute atomic E-state index is 0.233. The van der Waals surface area contributed by atoms with E-state index in [0.717, 1.165) is 61.7 Å². The molecule has 0 aliphatic carbocycles. The summed E-state index contributed by atoms with van der Waals surface area (Å²) >= 11 is 0. The number of hydrogen-bond acceptors (Lipinski definition) is 2. The van der Waals surface area contributed by atoms with Gasteiger partial charge in [0.2, 0.25) is 0 Å². The van der Waals surface area contributed by atoms with Gasteiger partial charge in [0.05, 0.1) is 16.7 Å². The van der Waals surface area contributed by atoms with E-state index in [1.54, 1.807) is 0 Å². The van der Waals surface area contributed by atoms with Gasteiger partial charge in [0.25, 0.3) is 0 Å². The van der Waals surface area contributed by atoms with Gasteiger partial charge >= 0.3 is 6.92 Å². The van der Waals surface area contributed by atoms with Crippen molar-refractivity contribution < 1.29 is 9.39 Å². The Morgan fingerprint density at radius 3 is 1.96 bits per heavy atom. The Morgan fingerprint density at radius 1 is 0.435 bits per heavy atom. The van der Waals surface area contributed by atoms with Gasteiger partial charge in [0.15, 0.2) is 0 Å². The van der Waals surface area contributed by atoms with E-state index < -0.39 is 0 Å². The number of ether oxygens (including phenoxy) is 1. The van der Waals surface area contributed by atoms with Gasteiger partial charge in [-0.3, -0.25) is 0 Å². The van der Waals surface area contributed by atoms with Gasteiger partial charge < -0.3 is 14.0 Å². The number of aromatic nitrogens is 1. The molecule has 3 nitrogen and oxygen atoms in total. The summed E-state index contributed by atoms with van der Waals surface area (Å²) in [6, 6.07) is 55.8. The summed E-state index contributed by atoms with van der Waals surface area (Å²) in [7, 11) is 0. The monoisotopic (exact) mass is 587 g/mol. The lowest BCUT2D eigenvalue weighted by Gasteiger charge is -2.33. The van der Waals surface area contributed by atoms with Gasteiger partial charge in [0, 0.05) is 32.8 Å². The number of fused-ring (bicyclic) bond motifs is 7. The standard InChI is InChI=1S/C42H26BNO2/c1-2-11-27(12-3-1)28-21-23-35-41(26-28)45-40-20-10-16-33-34-25-29(22-24-39(34)46-43(35)42(33)40)30-13-4-7-17-36(30)44-37-18-8-5-14-31(37)32-15-6-9-19-38(32)44/h1-26H. The third kappa shape index (κ3) is 3.67. The summed E-state index contributed by atoms with van der Waals surface area (Å²) in [5.41, 5.74) is 12.5. The average Bonchev–Trinajstić information content (AvgIpc) is 3.46. The maximum atomic E-state index is 6.84. The van der Waals surface area contributed by atoms with Crippen LogP contribution in [0.25, 0.3) is 60.9 Å². The van der Waals surface area contributed by atoms with E-state index in [2.05, 4.69) is 156 Å². The summed E-state index contributed by atoms with van der Waals surface area (Å²) in [6.07, 6.45) is 0. The first kappa shape index (κ1) is 25.3. The second kappa shape index (κ2) is 9.75. The van der Waals surface area contributed by atoms with Crippen molar-refractivity contribution in [2.45, 2.75) is 0 Å². The second-order valence-corrected chi connectivity index (χ2v) is 12.0. The Morgan fingerprint density at radius 2 is 1.13 bits per heavy atom. The van der Waals surface area contributed by atoms with Crippen LogP contribution in [0.15, 0.2) is 158 Å². The molecular formula is C42H26BNO2. The summed E-state index contributed by atoms with van der Waals surface area (Å²) in [5.74, 6) is 2.57. The van der Waals surface area contributed by atoms with Crippen LogP contribution < -0.4 is 20.3 Å². The predicted octanol–water partition coefficient (Wildman–Crippen LogP) is 9.39. The molecule has 0 fully saturated rings. The van der Waals surface area contributed by atoms with Crippen molar-refractivity contribution in [2.24, 2.45) is 0 Å². The molecule has 0 saturated heterocycles. The lowest BCUT2D eigenvalue weighted by molar-refractivity contribution is 0.479. The molecule has 0 N–H and O–H groups in total. The van der Waals surface area contributed by atoms with Crippen molar-refractivity contribution in [3.63, 3.8) is 0 Å². The van der Waals surface area contributed by atoms with Crippen LogP contribution in [-0.2, 0) is 0 Å². The van der Waals surface area contributed by atoms with E-state index in [9.17, 15) is 0 Å². The highest BCUT2D eigenvalue weighted by Crippen LogP contribution is 2.43. The predicted molar refractivity (Wildman–Crippen MR) is 189 cm³/mol. The van der Waals surface area contributed by atoms with Gasteiger partial charge in [-0.15, -0.1) is 0 Å². The second-order valence-electron chi connectivity index (χ2n) is 12.0. The van der Waals surface area contributed by atoms with E-state index in [0.29, 0.717) is 0 Å². The maximum absolute atomic E-state index is 6.84. The molecule has 3 heterocycles. The topological polar surface area (TPSA) is 23.4 Å². The van der Waals surface area contributed by atoms with Crippen LogP contribution in [0.3, 0.4) is 0 Å². The van der Waals surface area contributed by atoms with Gasteiger partial charge in [-0.1, -0.05) is 115 Å². The van der Waals surface area contributed by atoms with Crippen LogP contribution in [-0.4, -0.2) is 11.5 Å². The molecule has 7 aromatic carbocycles. The number of nitrogens with zero attached hydrogens (tertiary/aromatic N) is 1. The molecule has 4 heteroatoms. The molecule has 2 aliphatic rings. The molecular weight excluding hydrogens is 561 g/mol. The fraction of sp³-hybridized carbons (Fsp3) is 0. The minimum atomic E-state index is -0.233. The number of benzene rings is 7. The first-order valence-electron chi connectivity index (χ1n) is 15.7. The summed E-state index contributed by atoms with van der Waals surface area (Å²) < 4.78 is 15.8. The number of para-hydroxylation sites is 3. The van der Waals surface area contributed by atoms with Crippen LogP contribution in [0.2, 0.25) is 0 Å². The largest absolute Gasteiger partial charge is 0.551 e. The summed E-state index contributed by atoms with van der Waals surface area (Å²) in [4.78, 5) is 0. The van der Waals surface area contributed by atoms with Crippen LogP contribution in [0.4, 0.5) is 0 Å². The first-order valence-corrected chi connectivity index (χ1v) is 15.7. The molecule has 0 saturated carbocycles. The molecule has 0 atom stereocenters. The van der Waals surface area contributed by atoms with E-state index in [4.69, 9.17) is 9.39 Å². The quantitative estimate of drug-likeness (QED) is 0.192. The Bertz CT molecular complexity index is 2440. The number of hydrogen-bond donors (Lipinski definition) is 0. The molecule has 2 aliphatic heterocycles. The third-order valence-electron chi connectivity index (χ3n) is 9.50. The van der Waals surface area contributed by atoms with E-state index >= 15 is 0 Å². The van der Waals surface area contributed by atoms with Crippen LogP contribution in [0.1, 0.15) is 0 Å². The van der Waals surface area contributed by atoms with Crippen molar-refractivity contribution in [2.75, 3.05) is 0 Å². The van der Waals surface area contributed by atoms with E-state index in [1.807, 2.05) is 6.07 Å². The van der Waals surface area contributed by atoms with Gasteiger partial charge in [0.1, 0.15) is 17.2 Å². The molecule has 0 radical (unpaired) electrons. The maximum Gasteiger partial charge on any atom is 0.434 e. The molecule has 1 aromatic heterocycles. The van der Waals surface area contributed by atoms with Gasteiger partial charge in [-0.05, 0) is 64.7 Å². The highest BCUT2D eigenvalue weighted by molar-refractivity contribution is 6.84. The van der Waals surface area contributed by atoms with Crippen LogP contribution in [0.5, 0.6) is 17.2 Å². The molecule has 0 bridgehead atoms. The van der Waals surface area contributed by atoms with Gasteiger partial charge in [-0.2, -0.15) is 0 Å². The molecule has 0 unspecified atom stereocenters. The normalized spacial score (nSPS) is 12.7. The van der Waals surface area contributed by atoms with Gasteiger partial charge in [-0.25, -0.2) is 0 Å². The van der Waals surface area contributed by atoms with Crippen molar-refractivity contribution in [3.05, 3.63) is 158 Å². The van der Waals surface area contributed by atoms with Crippen molar-refractivity contribution in [1.29, 1.82) is 0 Å². The third-order valence-corrected chi connectivity index (χ3v) is 9.50. The minimum Gasteiger partial charge on any atom is -0.551 e. The first-order chi connectivity index (χ1) is 22.8.